The van der Waals surface area contributed by atoms with Crippen molar-refractivity contribution in [2.75, 3.05) is 6.54 Å². The number of carboxylic acids is 1. The van der Waals surface area contributed by atoms with Crippen molar-refractivity contribution in [2.45, 2.75) is 27.2 Å². The van der Waals surface area contributed by atoms with Crippen molar-refractivity contribution in [3.05, 3.63) is 28.8 Å². The van der Waals surface area contributed by atoms with Crippen LogP contribution in [0.15, 0.2) is 18.2 Å². The molecule has 6 heteroatoms. The highest BCUT2D eigenvalue weighted by molar-refractivity contribution is 6.31. The van der Waals surface area contributed by atoms with Gasteiger partial charge in [0.1, 0.15) is 5.75 Å². The molecular weight excluding hydrogens is 294 g/mol. The molecule has 1 rings (SSSR count). The van der Waals surface area contributed by atoms with E-state index >= 15 is 0 Å². The van der Waals surface area contributed by atoms with Gasteiger partial charge in [-0.25, -0.2) is 0 Å². The van der Waals surface area contributed by atoms with Crippen LogP contribution in [0.1, 0.15) is 37.6 Å². The van der Waals surface area contributed by atoms with Gasteiger partial charge in [-0.05, 0) is 30.0 Å². The minimum Gasteiger partial charge on any atom is -0.507 e. The number of carbonyl (C=O) groups excluding carboxylic acids is 1. The molecule has 5 nitrogen and oxygen atoms in total. The zero-order chi connectivity index (χ0) is 16.2. The van der Waals surface area contributed by atoms with E-state index in [-0.39, 0.29) is 23.3 Å². The Labute approximate surface area is 128 Å². The fourth-order valence-corrected chi connectivity index (χ4v) is 2.16. The summed E-state index contributed by atoms with van der Waals surface area (Å²) in [6.07, 6.45) is 0.435. The Balaban J connectivity index is 2.74. The van der Waals surface area contributed by atoms with Crippen LogP contribution >= 0.6 is 11.6 Å². The molecule has 0 heterocycles. The number of halogens is 1. The van der Waals surface area contributed by atoms with Crippen molar-refractivity contribution in [1.29, 1.82) is 0 Å². The van der Waals surface area contributed by atoms with E-state index in [1.54, 1.807) is 0 Å². The maximum Gasteiger partial charge on any atom is 0.308 e. The highest BCUT2D eigenvalue weighted by Crippen LogP contribution is 2.25. The summed E-state index contributed by atoms with van der Waals surface area (Å²) in [6.45, 7) is 5.81. The number of nitrogens with one attached hydrogen (secondary N) is 1. The van der Waals surface area contributed by atoms with Gasteiger partial charge in [-0.1, -0.05) is 32.4 Å². The van der Waals surface area contributed by atoms with Crippen molar-refractivity contribution in [1.82, 2.24) is 5.32 Å². The van der Waals surface area contributed by atoms with Gasteiger partial charge in [0.15, 0.2) is 0 Å². The van der Waals surface area contributed by atoms with Crippen LogP contribution in [0.2, 0.25) is 5.02 Å². The van der Waals surface area contributed by atoms with Crippen molar-refractivity contribution in [3.8, 4) is 5.75 Å². The van der Waals surface area contributed by atoms with Gasteiger partial charge in [-0.2, -0.15) is 0 Å². The van der Waals surface area contributed by atoms with E-state index in [1.165, 1.54) is 18.2 Å². The Morgan fingerprint density at radius 1 is 1.33 bits per heavy atom. The first-order valence-corrected chi connectivity index (χ1v) is 6.97. The second-order valence-electron chi connectivity index (χ2n) is 6.17. The van der Waals surface area contributed by atoms with Gasteiger partial charge in [0, 0.05) is 11.6 Å². The van der Waals surface area contributed by atoms with E-state index in [9.17, 15) is 19.8 Å². The van der Waals surface area contributed by atoms with E-state index in [0.29, 0.717) is 11.4 Å². The van der Waals surface area contributed by atoms with Crippen LogP contribution in [0.25, 0.3) is 0 Å². The lowest BCUT2D eigenvalue weighted by Gasteiger charge is -2.23. The maximum absolute atomic E-state index is 12.0. The molecule has 0 saturated carbocycles. The molecule has 21 heavy (non-hydrogen) atoms. The van der Waals surface area contributed by atoms with Crippen LogP contribution in [0, 0.1) is 11.3 Å². The molecule has 0 aliphatic heterocycles. The first-order valence-electron chi connectivity index (χ1n) is 6.59. The SMILES string of the molecule is CC(C)(C)CC(CNC(=O)c1cc(Cl)ccc1O)C(=O)O. The van der Waals surface area contributed by atoms with E-state index in [4.69, 9.17) is 11.6 Å². The molecule has 1 aromatic carbocycles. The van der Waals surface area contributed by atoms with Crippen molar-refractivity contribution in [2.24, 2.45) is 11.3 Å². The molecule has 0 radical (unpaired) electrons. The normalized spacial score (nSPS) is 12.8. The number of phenolic OH excluding ortho intramolecular Hbond substituents is 1. The van der Waals surface area contributed by atoms with E-state index < -0.39 is 17.8 Å². The third-order valence-electron chi connectivity index (χ3n) is 2.92. The predicted molar refractivity (Wildman–Crippen MR) is 80.6 cm³/mol. The smallest absolute Gasteiger partial charge is 0.308 e. The van der Waals surface area contributed by atoms with E-state index in [1.807, 2.05) is 20.8 Å². The second-order valence-corrected chi connectivity index (χ2v) is 6.61. The van der Waals surface area contributed by atoms with Gasteiger partial charge >= 0.3 is 5.97 Å². The molecule has 0 saturated heterocycles. The molecule has 0 spiro atoms. The standard InChI is InChI=1S/C15H20ClNO4/c1-15(2,3)7-9(14(20)21)8-17-13(19)11-6-10(16)4-5-12(11)18/h4-6,9,18H,7-8H2,1-3H3,(H,17,19)(H,20,21). The number of hydrogen-bond acceptors (Lipinski definition) is 3. The minimum atomic E-state index is -0.958. The molecule has 1 atom stereocenters. The van der Waals surface area contributed by atoms with E-state index in [0.717, 1.165) is 0 Å². The summed E-state index contributed by atoms with van der Waals surface area (Å²) >= 11 is 5.78. The molecule has 1 unspecified atom stereocenters. The third kappa shape index (κ3) is 5.63. The monoisotopic (exact) mass is 313 g/mol. The quantitative estimate of drug-likeness (QED) is 0.780. The lowest BCUT2D eigenvalue weighted by molar-refractivity contribution is -0.142. The number of amides is 1. The molecule has 3 N–H and O–H groups in total. The fourth-order valence-electron chi connectivity index (χ4n) is 1.99. The number of rotatable bonds is 5. The summed E-state index contributed by atoms with van der Waals surface area (Å²) in [5.41, 5.74) is -0.131. The number of benzene rings is 1. The number of hydrogen-bond donors (Lipinski definition) is 3. The average Bonchev–Trinajstić information content (AvgIpc) is 2.35. The molecular formula is C15H20ClNO4. The first-order chi connectivity index (χ1) is 9.60. The summed E-state index contributed by atoms with van der Waals surface area (Å²) < 4.78 is 0. The second kappa shape index (κ2) is 6.80. The van der Waals surface area contributed by atoms with Crippen LogP contribution in [0.4, 0.5) is 0 Å². The third-order valence-corrected chi connectivity index (χ3v) is 3.16. The summed E-state index contributed by atoms with van der Waals surface area (Å²) in [6, 6.07) is 4.13. The van der Waals surface area contributed by atoms with Crippen LogP contribution in [0.5, 0.6) is 5.75 Å². The molecule has 0 aliphatic carbocycles. The van der Waals surface area contributed by atoms with Crippen LogP contribution < -0.4 is 5.32 Å². The van der Waals surface area contributed by atoms with Crippen LogP contribution in [-0.2, 0) is 4.79 Å². The largest absolute Gasteiger partial charge is 0.507 e. The lowest BCUT2D eigenvalue weighted by atomic mass is 9.84. The summed E-state index contributed by atoms with van der Waals surface area (Å²) in [5, 5.41) is 21.7. The van der Waals surface area contributed by atoms with Crippen LogP contribution in [0.3, 0.4) is 0 Å². The van der Waals surface area contributed by atoms with Gasteiger partial charge in [0.05, 0.1) is 11.5 Å². The van der Waals surface area contributed by atoms with E-state index in [2.05, 4.69) is 5.32 Å². The first kappa shape index (κ1) is 17.3. The number of phenols is 1. The molecule has 0 fully saturated rings. The van der Waals surface area contributed by atoms with Crippen molar-refractivity contribution in [3.63, 3.8) is 0 Å². The number of carbonyl (C=O) groups is 2. The molecule has 1 aromatic rings. The van der Waals surface area contributed by atoms with Gasteiger partial charge < -0.3 is 15.5 Å². The Bertz CT molecular complexity index is 537. The maximum atomic E-state index is 12.0. The van der Waals surface area contributed by atoms with Gasteiger partial charge in [-0.3, -0.25) is 9.59 Å². The molecule has 0 aliphatic rings. The molecule has 0 bridgehead atoms. The van der Waals surface area contributed by atoms with Crippen LogP contribution in [-0.4, -0.2) is 28.6 Å². The average molecular weight is 314 g/mol. The summed E-state index contributed by atoms with van der Waals surface area (Å²) in [4.78, 5) is 23.2. The number of aromatic hydroxyl groups is 1. The fraction of sp³-hybridized carbons (Fsp3) is 0.467. The van der Waals surface area contributed by atoms with Gasteiger partial charge in [-0.15, -0.1) is 0 Å². The Kier molecular flexibility index (Phi) is 5.61. The highest BCUT2D eigenvalue weighted by Gasteiger charge is 2.25. The molecule has 0 aromatic heterocycles. The Hall–Kier alpha value is -1.75. The van der Waals surface area contributed by atoms with Crippen molar-refractivity contribution < 1.29 is 19.8 Å². The zero-order valence-electron chi connectivity index (χ0n) is 12.3. The van der Waals surface area contributed by atoms with Gasteiger partial charge in [0.25, 0.3) is 5.91 Å². The van der Waals surface area contributed by atoms with Gasteiger partial charge in [0.2, 0.25) is 0 Å². The minimum absolute atomic E-state index is 0.00259. The number of carboxylic acid groups (broad SMARTS) is 1. The number of aliphatic carboxylic acids is 1. The summed E-state index contributed by atoms with van der Waals surface area (Å²) in [5.74, 6) is -2.38. The molecule has 116 valence electrons. The summed E-state index contributed by atoms with van der Waals surface area (Å²) in [7, 11) is 0. The highest BCUT2D eigenvalue weighted by atomic mass is 35.5. The Morgan fingerprint density at radius 2 is 1.95 bits per heavy atom. The molecule has 1 amide bonds. The predicted octanol–water partition coefficient (Wildman–Crippen LogP) is 2.91. The van der Waals surface area contributed by atoms with Crippen molar-refractivity contribution >= 4 is 23.5 Å². The lowest BCUT2D eigenvalue weighted by Crippen LogP contribution is -2.35. The zero-order valence-corrected chi connectivity index (χ0v) is 13.1. The topological polar surface area (TPSA) is 86.6 Å². The Morgan fingerprint density at radius 3 is 2.48 bits per heavy atom.